The molecule has 1 rings (SSSR count). The van der Waals surface area contributed by atoms with E-state index in [-0.39, 0.29) is 6.47 Å². The predicted molar refractivity (Wildman–Crippen MR) is 38.5 cm³/mol. The number of halogens is 1. The van der Waals surface area contributed by atoms with Gasteiger partial charge in [-0.15, -0.1) is 11.3 Å². The first-order chi connectivity index (χ1) is 4.31. The van der Waals surface area contributed by atoms with Crippen molar-refractivity contribution in [1.29, 1.82) is 0 Å². The molecular formula is C4H4BrNO2S. The first-order valence-electron chi connectivity index (χ1n) is 1.94. The molecule has 0 spiro atoms. The van der Waals surface area contributed by atoms with Crippen LogP contribution >= 0.6 is 27.3 Å². The van der Waals surface area contributed by atoms with E-state index in [1.165, 1.54) is 0 Å². The summed E-state index contributed by atoms with van der Waals surface area (Å²) in [5.41, 5.74) is 0. The summed E-state index contributed by atoms with van der Waals surface area (Å²) in [7, 11) is 0. The lowest BCUT2D eigenvalue weighted by molar-refractivity contribution is -0.122. The van der Waals surface area contributed by atoms with Crippen LogP contribution in [-0.4, -0.2) is 16.6 Å². The molecule has 0 aliphatic carbocycles. The zero-order chi connectivity index (χ0) is 7.11. The topological polar surface area (TPSA) is 50.2 Å². The monoisotopic (exact) mass is 209 g/mol. The van der Waals surface area contributed by atoms with Crippen LogP contribution in [0.4, 0.5) is 0 Å². The molecule has 1 aromatic heterocycles. The number of aromatic nitrogens is 1. The van der Waals surface area contributed by atoms with Gasteiger partial charge in [-0.2, -0.15) is 0 Å². The molecule has 9 heavy (non-hydrogen) atoms. The Morgan fingerprint density at radius 3 is 2.56 bits per heavy atom. The molecule has 0 amide bonds. The summed E-state index contributed by atoms with van der Waals surface area (Å²) in [6.07, 6.45) is 1.76. The summed E-state index contributed by atoms with van der Waals surface area (Å²) in [6, 6.07) is 0. The van der Waals surface area contributed by atoms with Crippen molar-refractivity contribution in [1.82, 2.24) is 4.98 Å². The van der Waals surface area contributed by atoms with Crippen molar-refractivity contribution in [2.45, 2.75) is 0 Å². The van der Waals surface area contributed by atoms with Crippen molar-refractivity contribution in [2.75, 3.05) is 0 Å². The molecule has 0 bridgehead atoms. The maximum absolute atomic E-state index is 8.36. The minimum Gasteiger partial charge on any atom is -0.483 e. The fourth-order valence-electron chi connectivity index (χ4n) is 0.206. The molecule has 50 valence electrons. The van der Waals surface area contributed by atoms with Gasteiger partial charge in [0.25, 0.3) is 6.47 Å². The first-order valence-corrected chi connectivity index (χ1v) is 3.61. The molecule has 0 saturated heterocycles. The van der Waals surface area contributed by atoms with Crippen LogP contribution in [0.5, 0.6) is 0 Å². The average Bonchev–Trinajstić information content (AvgIpc) is 2.20. The predicted octanol–water partition coefficient (Wildman–Crippen LogP) is 1.61. The number of hydrogen-bond acceptors (Lipinski definition) is 3. The molecule has 0 saturated carbocycles. The van der Waals surface area contributed by atoms with E-state index in [0.717, 1.165) is 3.92 Å². The van der Waals surface area contributed by atoms with Crippen molar-refractivity contribution in [3.63, 3.8) is 0 Å². The molecule has 0 aromatic carbocycles. The van der Waals surface area contributed by atoms with Gasteiger partial charge in [0.15, 0.2) is 3.92 Å². The average molecular weight is 210 g/mol. The lowest BCUT2D eigenvalue weighted by atomic mass is 11.0. The van der Waals surface area contributed by atoms with Crippen molar-refractivity contribution in [2.24, 2.45) is 0 Å². The van der Waals surface area contributed by atoms with Gasteiger partial charge in [0.05, 0.1) is 0 Å². The van der Waals surface area contributed by atoms with Crippen LogP contribution in [0.25, 0.3) is 0 Å². The van der Waals surface area contributed by atoms with E-state index in [1.54, 1.807) is 17.5 Å². The zero-order valence-corrected chi connectivity index (χ0v) is 6.72. The van der Waals surface area contributed by atoms with Crippen LogP contribution in [0.3, 0.4) is 0 Å². The van der Waals surface area contributed by atoms with Gasteiger partial charge >= 0.3 is 0 Å². The molecule has 0 unspecified atom stereocenters. The summed E-state index contributed by atoms with van der Waals surface area (Å²) < 4.78 is 0.947. The SMILES string of the molecule is Brc1nccs1.O=CO. The van der Waals surface area contributed by atoms with Gasteiger partial charge < -0.3 is 5.11 Å². The third kappa shape index (κ3) is 5.45. The smallest absolute Gasteiger partial charge is 0.290 e. The number of thiazole rings is 1. The highest BCUT2D eigenvalue weighted by Gasteiger charge is 1.79. The van der Waals surface area contributed by atoms with Gasteiger partial charge in [0.2, 0.25) is 0 Å². The Bertz CT molecular complexity index is 154. The molecule has 0 aliphatic rings. The van der Waals surface area contributed by atoms with Gasteiger partial charge in [-0.3, -0.25) is 4.79 Å². The van der Waals surface area contributed by atoms with Crippen LogP contribution < -0.4 is 0 Å². The van der Waals surface area contributed by atoms with Crippen LogP contribution in [0.2, 0.25) is 0 Å². The molecular weight excluding hydrogens is 206 g/mol. The summed E-state index contributed by atoms with van der Waals surface area (Å²) in [5, 5.41) is 8.81. The van der Waals surface area contributed by atoms with Crippen molar-refractivity contribution >= 4 is 33.7 Å². The number of carbonyl (C=O) groups is 1. The second-order valence-electron chi connectivity index (χ2n) is 0.890. The third-order valence-electron chi connectivity index (χ3n) is 0.402. The minimum atomic E-state index is -0.250. The van der Waals surface area contributed by atoms with Crippen LogP contribution in [0.15, 0.2) is 15.5 Å². The number of carboxylic acid groups (broad SMARTS) is 1. The van der Waals surface area contributed by atoms with E-state index in [4.69, 9.17) is 9.90 Å². The van der Waals surface area contributed by atoms with Crippen LogP contribution in [0, 0.1) is 0 Å². The van der Waals surface area contributed by atoms with Gasteiger partial charge in [-0.05, 0) is 15.9 Å². The molecule has 0 aliphatic heterocycles. The Hall–Kier alpha value is -0.420. The molecule has 1 aromatic rings. The number of hydrogen-bond donors (Lipinski definition) is 1. The van der Waals surface area contributed by atoms with E-state index < -0.39 is 0 Å². The summed E-state index contributed by atoms with van der Waals surface area (Å²) in [6.45, 7) is -0.250. The summed E-state index contributed by atoms with van der Waals surface area (Å²) >= 11 is 4.77. The lowest BCUT2D eigenvalue weighted by Crippen LogP contribution is -1.49. The molecule has 3 nitrogen and oxygen atoms in total. The Kier molecular flexibility index (Phi) is 5.45. The van der Waals surface area contributed by atoms with E-state index >= 15 is 0 Å². The molecule has 5 heteroatoms. The minimum absolute atomic E-state index is 0.250. The van der Waals surface area contributed by atoms with Crippen LogP contribution in [0.1, 0.15) is 0 Å². The lowest BCUT2D eigenvalue weighted by Gasteiger charge is -1.61. The van der Waals surface area contributed by atoms with E-state index in [1.807, 2.05) is 5.38 Å². The van der Waals surface area contributed by atoms with Gasteiger partial charge in [-0.1, -0.05) is 0 Å². The first kappa shape index (κ1) is 8.58. The highest BCUT2D eigenvalue weighted by Crippen LogP contribution is 2.10. The highest BCUT2D eigenvalue weighted by molar-refractivity contribution is 9.11. The van der Waals surface area contributed by atoms with Gasteiger partial charge in [0, 0.05) is 11.6 Å². The number of nitrogens with zero attached hydrogens (tertiary/aromatic N) is 1. The standard InChI is InChI=1S/C3H2BrNS.CH2O2/c4-3-5-1-2-6-3;2-1-3/h1-2H;1H,(H,2,3). The Balaban J connectivity index is 0.000000187. The molecule has 0 fully saturated rings. The van der Waals surface area contributed by atoms with Crippen molar-refractivity contribution in [3.05, 3.63) is 15.5 Å². The normalized spacial score (nSPS) is 7.22. The second kappa shape index (κ2) is 5.71. The fraction of sp³-hybridized carbons (Fsp3) is 0. The fourth-order valence-corrected chi connectivity index (χ4v) is 1.00. The summed E-state index contributed by atoms with van der Waals surface area (Å²) in [5.74, 6) is 0. The van der Waals surface area contributed by atoms with Crippen LogP contribution in [-0.2, 0) is 4.79 Å². The Morgan fingerprint density at radius 2 is 2.44 bits per heavy atom. The molecule has 1 N–H and O–H groups in total. The third-order valence-corrected chi connectivity index (χ3v) is 1.73. The zero-order valence-electron chi connectivity index (χ0n) is 4.32. The van der Waals surface area contributed by atoms with Crippen molar-refractivity contribution < 1.29 is 9.90 Å². The summed E-state index contributed by atoms with van der Waals surface area (Å²) in [4.78, 5) is 12.2. The van der Waals surface area contributed by atoms with Gasteiger partial charge in [0.1, 0.15) is 0 Å². The molecule has 1 heterocycles. The van der Waals surface area contributed by atoms with Gasteiger partial charge in [-0.25, -0.2) is 4.98 Å². The maximum atomic E-state index is 8.36. The quantitative estimate of drug-likeness (QED) is 0.661. The number of rotatable bonds is 0. The maximum Gasteiger partial charge on any atom is 0.290 e. The largest absolute Gasteiger partial charge is 0.483 e. The highest BCUT2D eigenvalue weighted by atomic mass is 79.9. The molecule has 0 atom stereocenters. The van der Waals surface area contributed by atoms with E-state index in [0.29, 0.717) is 0 Å². The van der Waals surface area contributed by atoms with E-state index in [9.17, 15) is 0 Å². The second-order valence-corrected chi connectivity index (χ2v) is 3.06. The molecule has 0 radical (unpaired) electrons. The Morgan fingerprint density at radius 1 is 1.89 bits per heavy atom. The van der Waals surface area contributed by atoms with Crippen molar-refractivity contribution in [3.8, 4) is 0 Å². The Labute approximate surface area is 64.5 Å². The van der Waals surface area contributed by atoms with E-state index in [2.05, 4.69) is 20.9 Å².